The number of carbonyl (C=O) groups excluding carboxylic acids is 1. The van der Waals surface area contributed by atoms with E-state index in [2.05, 4.69) is 36.5 Å². The monoisotopic (exact) mass is 329 g/mol. The summed E-state index contributed by atoms with van der Waals surface area (Å²) >= 11 is 1.82. The summed E-state index contributed by atoms with van der Waals surface area (Å²) < 4.78 is 5.52. The minimum atomic E-state index is -0.0793. The normalized spacial score (nSPS) is 10.3. The van der Waals surface area contributed by atoms with Crippen molar-refractivity contribution in [3.8, 4) is 5.75 Å². The van der Waals surface area contributed by atoms with Gasteiger partial charge in [-0.25, -0.2) is 0 Å². The Morgan fingerprint density at radius 2 is 1.96 bits per heavy atom. The lowest BCUT2D eigenvalue weighted by atomic mass is 10.2. The van der Waals surface area contributed by atoms with Crippen LogP contribution in [0.15, 0.2) is 48.5 Å². The van der Waals surface area contributed by atoms with Gasteiger partial charge in [-0.05, 0) is 31.0 Å². The number of carbonyl (C=O) groups is 1. The Morgan fingerprint density at radius 1 is 1.13 bits per heavy atom. The molecular formula is C19H23NO2S. The van der Waals surface area contributed by atoms with Crippen molar-refractivity contribution in [2.45, 2.75) is 19.6 Å². The number of nitrogens with one attached hydrogen (secondary N) is 1. The van der Waals surface area contributed by atoms with Gasteiger partial charge in [0, 0.05) is 18.1 Å². The van der Waals surface area contributed by atoms with Gasteiger partial charge in [-0.2, -0.15) is 11.8 Å². The third-order valence-corrected chi connectivity index (χ3v) is 4.40. The SMILES string of the molecule is Cc1cccc(CSCCNC(=O)COc2ccccc2C)c1. The second-order valence-electron chi connectivity index (χ2n) is 5.45. The molecule has 0 heterocycles. The molecule has 0 unspecified atom stereocenters. The summed E-state index contributed by atoms with van der Waals surface area (Å²) in [5.41, 5.74) is 3.64. The quantitative estimate of drug-likeness (QED) is 0.750. The Balaban J connectivity index is 1.59. The number of thioether (sulfide) groups is 1. The van der Waals surface area contributed by atoms with Crippen molar-refractivity contribution in [3.63, 3.8) is 0 Å². The van der Waals surface area contributed by atoms with Gasteiger partial charge in [-0.3, -0.25) is 4.79 Å². The largest absolute Gasteiger partial charge is 0.484 e. The number of amides is 1. The molecule has 3 nitrogen and oxygen atoms in total. The molecule has 2 aromatic carbocycles. The van der Waals surface area contributed by atoms with E-state index in [4.69, 9.17) is 4.74 Å². The lowest BCUT2D eigenvalue weighted by Crippen LogP contribution is -2.30. The van der Waals surface area contributed by atoms with Gasteiger partial charge in [0.15, 0.2) is 6.61 Å². The molecule has 0 atom stereocenters. The summed E-state index contributed by atoms with van der Waals surface area (Å²) in [6.45, 7) is 4.79. The Kier molecular flexibility index (Phi) is 7.01. The predicted molar refractivity (Wildman–Crippen MR) is 97.0 cm³/mol. The summed E-state index contributed by atoms with van der Waals surface area (Å²) in [6, 6.07) is 16.2. The van der Waals surface area contributed by atoms with Crippen LogP contribution in [0.3, 0.4) is 0 Å². The molecule has 1 amide bonds. The number of rotatable bonds is 8. The van der Waals surface area contributed by atoms with E-state index >= 15 is 0 Å². The molecule has 0 bridgehead atoms. The molecule has 0 aliphatic rings. The molecule has 1 N–H and O–H groups in total. The fourth-order valence-electron chi connectivity index (χ4n) is 2.17. The number of para-hydroxylation sites is 1. The predicted octanol–water partition coefficient (Wildman–Crippen LogP) is 3.73. The first-order chi connectivity index (χ1) is 11.1. The first kappa shape index (κ1) is 17.4. The third kappa shape index (κ3) is 6.37. The molecule has 0 aliphatic heterocycles. The van der Waals surface area contributed by atoms with Crippen LogP contribution in [0.1, 0.15) is 16.7 Å². The van der Waals surface area contributed by atoms with Crippen LogP contribution in [-0.4, -0.2) is 24.8 Å². The van der Waals surface area contributed by atoms with Gasteiger partial charge >= 0.3 is 0 Å². The average molecular weight is 329 g/mol. The highest BCUT2D eigenvalue weighted by Crippen LogP contribution is 2.16. The lowest BCUT2D eigenvalue weighted by molar-refractivity contribution is -0.122. The van der Waals surface area contributed by atoms with Crippen molar-refractivity contribution < 1.29 is 9.53 Å². The zero-order valence-corrected chi connectivity index (χ0v) is 14.5. The number of hydrogen-bond acceptors (Lipinski definition) is 3. The molecule has 2 rings (SSSR count). The van der Waals surface area contributed by atoms with E-state index in [9.17, 15) is 4.79 Å². The standard InChI is InChI=1S/C19H23NO2S/c1-15-6-5-8-17(12-15)14-23-11-10-20-19(21)13-22-18-9-4-3-7-16(18)2/h3-9,12H,10-11,13-14H2,1-2H3,(H,20,21). The van der Waals surface area contributed by atoms with E-state index in [1.54, 1.807) is 0 Å². The maximum absolute atomic E-state index is 11.8. The zero-order valence-electron chi connectivity index (χ0n) is 13.7. The fourth-order valence-corrected chi connectivity index (χ4v) is 2.97. The highest BCUT2D eigenvalue weighted by atomic mass is 32.2. The van der Waals surface area contributed by atoms with E-state index in [0.29, 0.717) is 6.54 Å². The molecule has 0 saturated carbocycles. The molecular weight excluding hydrogens is 306 g/mol. The highest BCUT2D eigenvalue weighted by molar-refractivity contribution is 7.98. The number of hydrogen-bond donors (Lipinski definition) is 1. The number of ether oxygens (including phenoxy) is 1. The van der Waals surface area contributed by atoms with E-state index in [0.717, 1.165) is 22.8 Å². The van der Waals surface area contributed by atoms with Gasteiger partial charge in [0.25, 0.3) is 5.91 Å². The van der Waals surface area contributed by atoms with Gasteiger partial charge in [-0.15, -0.1) is 0 Å². The van der Waals surface area contributed by atoms with E-state index in [1.165, 1.54) is 11.1 Å². The Morgan fingerprint density at radius 3 is 2.74 bits per heavy atom. The maximum atomic E-state index is 11.8. The van der Waals surface area contributed by atoms with Crippen molar-refractivity contribution in [2.24, 2.45) is 0 Å². The van der Waals surface area contributed by atoms with Gasteiger partial charge < -0.3 is 10.1 Å². The summed E-state index contributed by atoms with van der Waals surface area (Å²) in [6.07, 6.45) is 0. The molecule has 0 radical (unpaired) electrons. The molecule has 23 heavy (non-hydrogen) atoms. The van der Waals surface area contributed by atoms with Crippen LogP contribution in [0.2, 0.25) is 0 Å². The molecule has 0 fully saturated rings. The minimum absolute atomic E-state index is 0.0629. The van der Waals surface area contributed by atoms with Crippen LogP contribution in [0.4, 0.5) is 0 Å². The summed E-state index contributed by atoms with van der Waals surface area (Å²) in [5.74, 6) is 2.54. The van der Waals surface area contributed by atoms with E-state index in [1.807, 2.05) is 43.0 Å². The van der Waals surface area contributed by atoms with Crippen molar-refractivity contribution in [1.82, 2.24) is 5.32 Å². The Bertz CT molecular complexity index is 643. The maximum Gasteiger partial charge on any atom is 0.257 e. The second kappa shape index (κ2) is 9.26. The van der Waals surface area contributed by atoms with Gasteiger partial charge in [0.2, 0.25) is 0 Å². The molecule has 2 aromatic rings. The molecule has 0 aromatic heterocycles. The number of aryl methyl sites for hydroxylation is 2. The third-order valence-electron chi connectivity index (χ3n) is 3.37. The second-order valence-corrected chi connectivity index (χ2v) is 6.55. The fraction of sp³-hybridized carbons (Fsp3) is 0.316. The van der Waals surface area contributed by atoms with Crippen molar-refractivity contribution >= 4 is 17.7 Å². The average Bonchev–Trinajstić information content (AvgIpc) is 2.54. The molecule has 122 valence electrons. The highest BCUT2D eigenvalue weighted by Gasteiger charge is 2.04. The van der Waals surface area contributed by atoms with Crippen LogP contribution < -0.4 is 10.1 Å². The van der Waals surface area contributed by atoms with E-state index in [-0.39, 0.29) is 12.5 Å². The van der Waals surface area contributed by atoms with Crippen LogP contribution in [0.25, 0.3) is 0 Å². The molecule has 0 spiro atoms. The topological polar surface area (TPSA) is 38.3 Å². The Hall–Kier alpha value is -1.94. The van der Waals surface area contributed by atoms with Crippen molar-refractivity contribution in [3.05, 3.63) is 65.2 Å². The van der Waals surface area contributed by atoms with Crippen LogP contribution >= 0.6 is 11.8 Å². The molecule has 4 heteroatoms. The van der Waals surface area contributed by atoms with Gasteiger partial charge in [0.05, 0.1) is 0 Å². The van der Waals surface area contributed by atoms with Gasteiger partial charge in [0.1, 0.15) is 5.75 Å². The number of benzene rings is 2. The van der Waals surface area contributed by atoms with Gasteiger partial charge in [-0.1, -0.05) is 48.0 Å². The summed E-state index contributed by atoms with van der Waals surface area (Å²) in [5, 5.41) is 2.89. The zero-order chi connectivity index (χ0) is 16.5. The lowest BCUT2D eigenvalue weighted by Gasteiger charge is -2.09. The molecule has 0 aliphatic carbocycles. The van der Waals surface area contributed by atoms with Crippen molar-refractivity contribution in [1.29, 1.82) is 0 Å². The minimum Gasteiger partial charge on any atom is -0.484 e. The summed E-state index contributed by atoms with van der Waals surface area (Å²) in [4.78, 5) is 11.8. The van der Waals surface area contributed by atoms with Crippen LogP contribution in [0, 0.1) is 13.8 Å². The first-order valence-electron chi connectivity index (χ1n) is 7.73. The Labute approximate surface area is 142 Å². The smallest absolute Gasteiger partial charge is 0.257 e. The first-order valence-corrected chi connectivity index (χ1v) is 8.89. The van der Waals surface area contributed by atoms with E-state index < -0.39 is 0 Å². The molecule has 0 saturated heterocycles. The summed E-state index contributed by atoms with van der Waals surface area (Å²) in [7, 11) is 0. The van der Waals surface area contributed by atoms with Crippen LogP contribution in [-0.2, 0) is 10.5 Å². The van der Waals surface area contributed by atoms with Crippen LogP contribution in [0.5, 0.6) is 5.75 Å². The van der Waals surface area contributed by atoms with Crippen molar-refractivity contribution in [2.75, 3.05) is 18.9 Å².